The van der Waals surface area contributed by atoms with E-state index in [1.807, 2.05) is 29.0 Å². The van der Waals surface area contributed by atoms with Crippen LogP contribution in [0.4, 0.5) is 0 Å². The van der Waals surface area contributed by atoms with Gasteiger partial charge in [-0.15, -0.1) is 10.2 Å². The molecule has 3 heterocycles. The molecule has 0 aliphatic heterocycles. The lowest BCUT2D eigenvalue weighted by molar-refractivity contribution is 0.391. The summed E-state index contributed by atoms with van der Waals surface area (Å²) in [6.45, 7) is 4.97. The quantitative estimate of drug-likeness (QED) is 0.450. The molecule has 3 aromatic heterocycles. The molecular formula is C18H17N5OS2. The summed E-state index contributed by atoms with van der Waals surface area (Å²) in [6.07, 6.45) is 0. The summed E-state index contributed by atoms with van der Waals surface area (Å²) in [5, 5.41) is 17.7. The fraction of sp³-hybridized carbons (Fsp3) is 0.222. The molecule has 0 N–H and O–H groups in total. The topological polar surface area (TPSA) is 69.6 Å². The molecule has 0 saturated carbocycles. The van der Waals surface area contributed by atoms with E-state index in [1.165, 1.54) is 5.56 Å². The predicted molar refractivity (Wildman–Crippen MR) is 103 cm³/mol. The Morgan fingerprint density at radius 1 is 1.19 bits per heavy atom. The minimum Gasteiger partial charge on any atom is -0.338 e. The van der Waals surface area contributed by atoms with Crippen LogP contribution in [0, 0.1) is 6.92 Å². The first-order valence-corrected chi connectivity index (χ1v) is 10.2. The summed E-state index contributed by atoms with van der Waals surface area (Å²) in [6, 6.07) is 10.2. The van der Waals surface area contributed by atoms with Crippen LogP contribution in [-0.4, -0.2) is 24.9 Å². The average molecular weight is 384 g/mol. The fourth-order valence-electron chi connectivity index (χ4n) is 2.65. The average Bonchev–Trinajstić information content (AvgIpc) is 3.39. The molecule has 0 spiro atoms. The molecule has 0 amide bonds. The number of aryl methyl sites for hydroxylation is 1. The van der Waals surface area contributed by atoms with E-state index in [4.69, 9.17) is 4.52 Å². The summed E-state index contributed by atoms with van der Waals surface area (Å²) in [5.41, 5.74) is 3.27. The highest BCUT2D eigenvalue weighted by Gasteiger charge is 2.16. The van der Waals surface area contributed by atoms with Crippen LogP contribution in [0.15, 0.2) is 50.8 Å². The number of hydrogen-bond acceptors (Lipinski definition) is 7. The fourth-order valence-corrected chi connectivity index (χ4v) is 4.13. The molecule has 0 unspecified atom stereocenters. The maximum absolute atomic E-state index is 5.36. The zero-order chi connectivity index (χ0) is 17.9. The van der Waals surface area contributed by atoms with Crippen molar-refractivity contribution in [2.45, 2.75) is 31.3 Å². The van der Waals surface area contributed by atoms with Crippen LogP contribution >= 0.6 is 23.1 Å². The Bertz CT molecular complexity index is 1010. The first-order chi connectivity index (χ1) is 12.8. The number of nitrogens with zero attached hydrogens (tertiary/aromatic N) is 5. The minimum absolute atomic E-state index is 0.559. The van der Waals surface area contributed by atoms with E-state index in [2.05, 4.69) is 50.9 Å². The molecule has 8 heteroatoms. The normalized spacial score (nSPS) is 11.2. The molecule has 6 nitrogen and oxygen atoms in total. The van der Waals surface area contributed by atoms with Gasteiger partial charge in [0.25, 0.3) is 0 Å². The van der Waals surface area contributed by atoms with Crippen molar-refractivity contribution in [2.75, 3.05) is 0 Å². The van der Waals surface area contributed by atoms with Gasteiger partial charge in [-0.05, 0) is 30.9 Å². The number of benzene rings is 1. The Morgan fingerprint density at radius 2 is 2.08 bits per heavy atom. The van der Waals surface area contributed by atoms with E-state index in [9.17, 15) is 0 Å². The van der Waals surface area contributed by atoms with Crippen molar-refractivity contribution in [1.82, 2.24) is 24.9 Å². The Morgan fingerprint density at radius 3 is 2.85 bits per heavy atom. The van der Waals surface area contributed by atoms with Crippen molar-refractivity contribution < 1.29 is 4.52 Å². The van der Waals surface area contributed by atoms with Crippen LogP contribution in [0.1, 0.15) is 18.4 Å². The number of rotatable bonds is 6. The van der Waals surface area contributed by atoms with Crippen molar-refractivity contribution in [3.63, 3.8) is 0 Å². The summed E-state index contributed by atoms with van der Waals surface area (Å²) in [4.78, 5) is 4.45. The van der Waals surface area contributed by atoms with Crippen LogP contribution < -0.4 is 0 Å². The predicted octanol–water partition coefficient (Wildman–Crippen LogP) is 4.68. The van der Waals surface area contributed by atoms with E-state index in [0.717, 1.165) is 28.7 Å². The first kappa shape index (κ1) is 17.0. The number of hydrogen-bond donors (Lipinski definition) is 0. The van der Waals surface area contributed by atoms with E-state index in [-0.39, 0.29) is 0 Å². The smallest absolute Gasteiger partial charge is 0.237 e. The Hall–Kier alpha value is -2.45. The highest BCUT2D eigenvalue weighted by molar-refractivity contribution is 7.98. The summed E-state index contributed by atoms with van der Waals surface area (Å²) in [5.74, 6) is 2.65. The zero-order valence-electron chi connectivity index (χ0n) is 14.4. The zero-order valence-corrected chi connectivity index (χ0v) is 16.0. The molecule has 0 aliphatic rings. The van der Waals surface area contributed by atoms with E-state index < -0.39 is 0 Å². The molecule has 132 valence electrons. The summed E-state index contributed by atoms with van der Waals surface area (Å²) < 4.78 is 7.47. The molecule has 4 aromatic rings. The van der Waals surface area contributed by atoms with Gasteiger partial charge in [0, 0.05) is 23.1 Å². The van der Waals surface area contributed by atoms with Gasteiger partial charge in [0.1, 0.15) is 0 Å². The highest BCUT2D eigenvalue weighted by atomic mass is 32.2. The molecule has 1 aromatic carbocycles. The van der Waals surface area contributed by atoms with Crippen LogP contribution in [0.3, 0.4) is 0 Å². The lowest BCUT2D eigenvalue weighted by Crippen LogP contribution is -2.00. The maximum Gasteiger partial charge on any atom is 0.237 e. The molecular weight excluding hydrogens is 366 g/mol. The lowest BCUT2D eigenvalue weighted by Gasteiger charge is -2.08. The number of aromatic nitrogens is 5. The SMILES string of the molecule is CCn1c(SCc2nc(-c3ccsc3)no2)nnc1-c1ccccc1C. The van der Waals surface area contributed by atoms with E-state index >= 15 is 0 Å². The van der Waals surface area contributed by atoms with Crippen molar-refractivity contribution in [1.29, 1.82) is 0 Å². The largest absolute Gasteiger partial charge is 0.338 e. The first-order valence-electron chi connectivity index (χ1n) is 8.23. The summed E-state index contributed by atoms with van der Waals surface area (Å²) in [7, 11) is 0. The van der Waals surface area contributed by atoms with Gasteiger partial charge in [0.15, 0.2) is 11.0 Å². The Kier molecular flexibility index (Phi) is 4.85. The van der Waals surface area contributed by atoms with Gasteiger partial charge in [0.05, 0.1) is 5.75 Å². The number of thiophene rings is 1. The summed E-state index contributed by atoms with van der Waals surface area (Å²) >= 11 is 3.16. The minimum atomic E-state index is 0.559. The van der Waals surface area contributed by atoms with Gasteiger partial charge >= 0.3 is 0 Å². The van der Waals surface area contributed by atoms with Crippen molar-refractivity contribution in [3.05, 3.63) is 52.5 Å². The van der Waals surface area contributed by atoms with Crippen molar-refractivity contribution >= 4 is 23.1 Å². The third kappa shape index (κ3) is 3.30. The maximum atomic E-state index is 5.36. The van der Waals surface area contributed by atoms with Crippen LogP contribution in [0.5, 0.6) is 0 Å². The molecule has 0 saturated heterocycles. The van der Waals surface area contributed by atoms with Gasteiger partial charge in [-0.25, -0.2) is 0 Å². The third-order valence-corrected chi connectivity index (χ3v) is 5.63. The molecule has 0 bridgehead atoms. The lowest BCUT2D eigenvalue weighted by atomic mass is 10.1. The van der Waals surface area contributed by atoms with E-state index in [1.54, 1.807) is 23.1 Å². The second-order valence-corrected chi connectivity index (χ2v) is 7.40. The van der Waals surface area contributed by atoms with Gasteiger partial charge < -0.3 is 9.09 Å². The van der Waals surface area contributed by atoms with Crippen LogP contribution in [0.25, 0.3) is 22.8 Å². The Labute approximate surface area is 159 Å². The molecule has 26 heavy (non-hydrogen) atoms. The third-order valence-electron chi connectivity index (χ3n) is 3.99. The standard InChI is InChI=1S/C18H17N5OS2/c1-3-23-17(14-7-5-4-6-12(14)2)20-21-18(23)26-11-15-19-16(22-24-15)13-8-9-25-10-13/h4-10H,3,11H2,1-2H3. The van der Waals surface area contributed by atoms with Crippen LogP contribution in [0.2, 0.25) is 0 Å². The van der Waals surface area contributed by atoms with Crippen molar-refractivity contribution in [2.24, 2.45) is 0 Å². The van der Waals surface area contributed by atoms with Gasteiger partial charge in [-0.2, -0.15) is 16.3 Å². The van der Waals surface area contributed by atoms with Gasteiger partial charge in [0.2, 0.25) is 11.7 Å². The van der Waals surface area contributed by atoms with E-state index in [0.29, 0.717) is 17.5 Å². The van der Waals surface area contributed by atoms with Gasteiger partial charge in [-0.3, -0.25) is 0 Å². The molecule has 0 fully saturated rings. The monoisotopic (exact) mass is 383 g/mol. The second kappa shape index (κ2) is 7.43. The molecule has 0 radical (unpaired) electrons. The molecule has 0 aliphatic carbocycles. The molecule has 0 atom stereocenters. The number of thioether (sulfide) groups is 1. The second-order valence-electron chi connectivity index (χ2n) is 5.68. The molecule has 4 rings (SSSR count). The van der Waals surface area contributed by atoms with Crippen molar-refractivity contribution in [3.8, 4) is 22.8 Å². The highest BCUT2D eigenvalue weighted by Crippen LogP contribution is 2.28. The van der Waals surface area contributed by atoms with Crippen LogP contribution in [-0.2, 0) is 12.3 Å². The van der Waals surface area contributed by atoms with Gasteiger partial charge in [-0.1, -0.05) is 41.2 Å². The Balaban J connectivity index is 1.53.